The van der Waals surface area contributed by atoms with E-state index in [1.165, 1.54) is 0 Å². The van der Waals surface area contributed by atoms with Crippen molar-refractivity contribution >= 4 is 11.6 Å². The molecule has 0 bridgehead atoms. The van der Waals surface area contributed by atoms with Gasteiger partial charge in [-0.25, -0.2) is 0 Å². The summed E-state index contributed by atoms with van der Waals surface area (Å²) in [4.78, 5) is 19.8. The number of H-pyrrole nitrogens is 1. The maximum atomic E-state index is 12.5. The van der Waals surface area contributed by atoms with E-state index in [1.54, 1.807) is 12.1 Å². The monoisotopic (exact) mass is 324 g/mol. The van der Waals surface area contributed by atoms with E-state index >= 15 is 0 Å². The average molecular weight is 325 g/mol. The lowest BCUT2D eigenvalue weighted by molar-refractivity contribution is 0.438. The van der Waals surface area contributed by atoms with E-state index < -0.39 is 0 Å². The summed E-state index contributed by atoms with van der Waals surface area (Å²) in [5.74, 6) is 1.57. The Morgan fingerprint density at radius 1 is 1.22 bits per heavy atom. The van der Waals surface area contributed by atoms with Crippen LogP contribution in [0.25, 0.3) is 11.4 Å². The second kappa shape index (κ2) is 5.25. The van der Waals surface area contributed by atoms with Gasteiger partial charge in [0.05, 0.1) is 5.56 Å². The molecule has 0 aliphatic carbocycles. The molecule has 0 saturated carbocycles. The van der Waals surface area contributed by atoms with Crippen molar-refractivity contribution in [2.24, 2.45) is 0 Å². The highest BCUT2D eigenvalue weighted by Gasteiger charge is 2.22. The lowest BCUT2D eigenvalue weighted by Gasteiger charge is -2.19. The molecule has 0 amide bonds. The van der Waals surface area contributed by atoms with Crippen molar-refractivity contribution in [3.8, 4) is 23.0 Å². The Bertz CT molecular complexity index is 979. The van der Waals surface area contributed by atoms with Gasteiger partial charge in [-0.15, -0.1) is 0 Å². The number of aromatic nitrogens is 2. The highest BCUT2D eigenvalue weighted by Crippen LogP contribution is 2.35. The third-order valence-corrected chi connectivity index (χ3v) is 4.21. The van der Waals surface area contributed by atoms with Gasteiger partial charge in [-0.05, 0) is 30.7 Å². The Labute approximate surface area is 137 Å². The van der Waals surface area contributed by atoms with Crippen LogP contribution in [0.4, 0.5) is 0 Å². The number of aryl methyl sites for hydroxylation is 1. The third kappa shape index (κ3) is 2.41. The summed E-state index contributed by atoms with van der Waals surface area (Å²) in [6, 6.07) is 13.2. The highest BCUT2D eigenvalue weighted by molar-refractivity contribution is 6.30. The van der Waals surface area contributed by atoms with Crippen LogP contribution >= 0.6 is 11.6 Å². The van der Waals surface area contributed by atoms with E-state index in [0.29, 0.717) is 34.5 Å². The van der Waals surface area contributed by atoms with Crippen LogP contribution in [0, 0.1) is 6.92 Å². The summed E-state index contributed by atoms with van der Waals surface area (Å²) < 4.78 is 5.83. The molecule has 3 aromatic rings. The molecular weight excluding hydrogens is 312 g/mol. The van der Waals surface area contributed by atoms with Crippen molar-refractivity contribution in [1.82, 2.24) is 9.97 Å². The lowest BCUT2D eigenvalue weighted by Crippen LogP contribution is -2.20. The number of hydrogen-bond donors (Lipinski definition) is 1. The van der Waals surface area contributed by atoms with Gasteiger partial charge >= 0.3 is 0 Å². The van der Waals surface area contributed by atoms with Gasteiger partial charge < -0.3 is 9.72 Å². The molecule has 0 atom stereocenters. The summed E-state index contributed by atoms with van der Waals surface area (Å²) in [5, 5.41) is 0.622. The van der Waals surface area contributed by atoms with Crippen LogP contribution in [0.5, 0.6) is 11.6 Å². The number of rotatable bonds is 1. The van der Waals surface area contributed by atoms with E-state index in [4.69, 9.17) is 16.3 Å². The van der Waals surface area contributed by atoms with Crippen molar-refractivity contribution in [3.63, 3.8) is 0 Å². The van der Waals surface area contributed by atoms with E-state index in [9.17, 15) is 4.79 Å². The van der Waals surface area contributed by atoms with Crippen LogP contribution in [-0.4, -0.2) is 9.97 Å². The van der Waals surface area contributed by atoms with Gasteiger partial charge in [0, 0.05) is 22.6 Å². The molecule has 2 aromatic carbocycles. The molecule has 114 valence electrons. The Morgan fingerprint density at radius 2 is 2.04 bits per heavy atom. The van der Waals surface area contributed by atoms with Crippen molar-refractivity contribution in [2.45, 2.75) is 13.3 Å². The standard InChI is InChI=1S/C18H13ClN2O2/c1-10-4-2-3-5-13(10)16-20-17(22)14-9-11-8-12(19)6-7-15(11)23-18(14)21-16/h2-8H,9H2,1H3,(H,20,21,22). The molecule has 4 nitrogen and oxygen atoms in total. The third-order valence-electron chi connectivity index (χ3n) is 3.97. The van der Waals surface area contributed by atoms with Crippen LogP contribution in [0.3, 0.4) is 0 Å². The topological polar surface area (TPSA) is 55.0 Å². The maximum Gasteiger partial charge on any atom is 0.258 e. The minimum atomic E-state index is -0.182. The molecule has 5 heteroatoms. The average Bonchev–Trinajstić information content (AvgIpc) is 2.54. The number of hydrogen-bond acceptors (Lipinski definition) is 3. The molecule has 0 fully saturated rings. The van der Waals surface area contributed by atoms with Crippen molar-refractivity contribution < 1.29 is 4.74 Å². The van der Waals surface area contributed by atoms with Gasteiger partial charge in [-0.3, -0.25) is 4.79 Å². The number of benzene rings is 2. The molecule has 1 aliphatic rings. The summed E-state index contributed by atoms with van der Waals surface area (Å²) in [7, 11) is 0. The highest BCUT2D eigenvalue weighted by atomic mass is 35.5. The minimum Gasteiger partial charge on any atom is -0.438 e. The zero-order valence-electron chi connectivity index (χ0n) is 12.4. The molecular formula is C18H13ClN2O2. The summed E-state index contributed by atoms with van der Waals surface area (Å²) in [6.07, 6.45) is 0.460. The van der Waals surface area contributed by atoms with Gasteiger partial charge in [-0.1, -0.05) is 35.9 Å². The maximum absolute atomic E-state index is 12.5. The first-order valence-electron chi connectivity index (χ1n) is 7.27. The van der Waals surface area contributed by atoms with Gasteiger partial charge in [0.2, 0.25) is 5.88 Å². The van der Waals surface area contributed by atoms with Crippen LogP contribution in [0.15, 0.2) is 47.3 Å². The van der Waals surface area contributed by atoms with Crippen LogP contribution in [0.1, 0.15) is 16.7 Å². The number of halogens is 1. The fourth-order valence-electron chi connectivity index (χ4n) is 2.76. The van der Waals surface area contributed by atoms with Crippen molar-refractivity contribution in [2.75, 3.05) is 0 Å². The van der Waals surface area contributed by atoms with Gasteiger partial charge in [0.1, 0.15) is 11.6 Å². The molecule has 1 aromatic heterocycles. The normalized spacial score (nSPS) is 12.3. The van der Waals surface area contributed by atoms with Gasteiger partial charge in [0.15, 0.2) is 0 Å². The zero-order chi connectivity index (χ0) is 16.0. The molecule has 4 rings (SSSR count). The van der Waals surface area contributed by atoms with Gasteiger partial charge in [-0.2, -0.15) is 4.98 Å². The molecule has 1 N–H and O–H groups in total. The number of fused-ring (bicyclic) bond motifs is 2. The first kappa shape index (κ1) is 14.0. The first-order chi connectivity index (χ1) is 11.1. The molecule has 1 aliphatic heterocycles. The molecule has 0 radical (unpaired) electrons. The second-order valence-corrected chi connectivity index (χ2v) is 5.98. The largest absolute Gasteiger partial charge is 0.438 e. The molecule has 0 unspecified atom stereocenters. The predicted molar refractivity (Wildman–Crippen MR) is 89.4 cm³/mol. The Balaban J connectivity index is 1.85. The molecule has 0 saturated heterocycles. The Morgan fingerprint density at radius 3 is 2.87 bits per heavy atom. The molecule has 2 heterocycles. The van der Waals surface area contributed by atoms with E-state index in [-0.39, 0.29) is 5.56 Å². The second-order valence-electron chi connectivity index (χ2n) is 5.54. The van der Waals surface area contributed by atoms with E-state index in [2.05, 4.69) is 9.97 Å². The van der Waals surface area contributed by atoms with Crippen LogP contribution in [0.2, 0.25) is 5.02 Å². The fourth-order valence-corrected chi connectivity index (χ4v) is 2.96. The Kier molecular flexibility index (Phi) is 3.20. The quantitative estimate of drug-likeness (QED) is 0.573. The fraction of sp³-hybridized carbons (Fsp3) is 0.111. The summed E-state index contributed by atoms with van der Waals surface area (Å²) >= 11 is 6.01. The van der Waals surface area contributed by atoms with Gasteiger partial charge in [0.25, 0.3) is 5.56 Å². The summed E-state index contributed by atoms with van der Waals surface area (Å²) in [6.45, 7) is 1.98. The minimum absolute atomic E-state index is 0.182. The van der Waals surface area contributed by atoms with Crippen LogP contribution in [-0.2, 0) is 6.42 Å². The number of nitrogens with one attached hydrogen (secondary N) is 1. The Hall–Kier alpha value is -2.59. The zero-order valence-corrected chi connectivity index (χ0v) is 13.1. The number of nitrogens with zero attached hydrogens (tertiary/aromatic N) is 1. The summed E-state index contributed by atoms with van der Waals surface area (Å²) in [5.41, 5.74) is 3.16. The van der Waals surface area contributed by atoms with Crippen molar-refractivity contribution in [1.29, 1.82) is 0 Å². The lowest BCUT2D eigenvalue weighted by atomic mass is 10.0. The van der Waals surface area contributed by atoms with Crippen molar-refractivity contribution in [3.05, 3.63) is 74.5 Å². The first-order valence-corrected chi connectivity index (χ1v) is 7.65. The predicted octanol–water partition coefficient (Wildman–Crippen LogP) is 4.10. The SMILES string of the molecule is Cc1ccccc1-c1nc2c(c(=O)[nH]1)Cc1cc(Cl)ccc1O2. The molecule has 0 spiro atoms. The smallest absolute Gasteiger partial charge is 0.258 e. The van der Waals surface area contributed by atoms with Crippen LogP contribution < -0.4 is 10.3 Å². The molecule has 23 heavy (non-hydrogen) atoms. The number of ether oxygens (including phenoxy) is 1. The number of aromatic amines is 1. The van der Waals surface area contributed by atoms with E-state index in [1.807, 2.05) is 37.3 Å². The van der Waals surface area contributed by atoms with E-state index in [0.717, 1.165) is 16.7 Å².